The smallest absolute Gasteiger partial charge is 0.337 e. The molecule has 1 heterocycles. The molecule has 0 unspecified atom stereocenters. The zero-order valence-electron chi connectivity index (χ0n) is 11.6. The second kappa shape index (κ2) is 5.74. The molecule has 0 bridgehead atoms. The molecule has 1 aromatic carbocycles. The minimum Gasteiger partial charge on any atom is -0.478 e. The van der Waals surface area contributed by atoms with Crippen LogP contribution in [0.3, 0.4) is 0 Å². The van der Waals surface area contributed by atoms with Crippen LogP contribution in [-0.4, -0.2) is 26.8 Å². The van der Waals surface area contributed by atoms with Crippen LogP contribution in [0, 0.1) is 19.7 Å². The second-order valence-corrected chi connectivity index (χ2v) is 4.63. The van der Waals surface area contributed by atoms with Crippen molar-refractivity contribution in [2.45, 2.75) is 20.4 Å². The van der Waals surface area contributed by atoms with E-state index in [1.54, 1.807) is 13.8 Å². The first-order valence-corrected chi connectivity index (χ1v) is 6.20. The number of hydrogen-bond donors (Lipinski definition) is 2. The Labute approximate surface area is 120 Å². The number of nitrogens with zero attached hydrogens (tertiary/aromatic N) is 2. The predicted molar refractivity (Wildman–Crippen MR) is 73.7 cm³/mol. The van der Waals surface area contributed by atoms with Gasteiger partial charge in [-0.3, -0.25) is 9.48 Å². The van der Waals surface area contributed by atoms with Crippen molar-refractivity contribution in [3.8, 4) is 0 Å². The fourth-order valence-electron chi connectivity index (χ4n) is 1.97. The number of halogens is 1. The van der Waals surface area contributed by atoms with Gasteiger partial charge in [0.1, 0.15) is 12.4 Å². The van der Waals surface area contributed by atoms with Crippen molar-refractivity contribution in [3.63, 3.8) is 0 Å². The van der Waals surface area contributed by atoms with Crippen LogP contribution in [0.15, 0.2) is 24.3 Å². The van der Waals surface area contributed by atoms with Gasteiger partial charge in [-0.2, -0.15) is 5.10 Å². The van der Waals surface area contributed by atoms with Crippen LogP contribution in [0.2, 0.25) is 0 Å². The summed E-state index contributed by atoms with van der Waals surface area (Å²) < 4.78 is 14.7. The number of anilines is 1. The quantitative estimate of drug-likeness (QED) is 0.902. The number of aromatic nitrogens is 2. The number of aromatic carboxylic acids is 1. The standard InChI is InChI=1S/C14H14FN3O3/c1-8-5-9(2)18(17-8)7-13(19)16-12-6-10(15)3-4-11(12)14(20)21/h3-6H,7H2,1-2H3,(H,16,19)(H,20,21). The second-order valence-electron chi connectivity index (χ2n) is 4.63. The van der Waals surface area contributed by atoms with Gasteiger partial charge < -0.3 is 10.4 Å². The number of rotatable bonds is 4. The van der Waals surface area contributed by atoms with E-state index >= 15 is 0 Å². The number of aryl methyl sites for hydroxylation is 2. The zero-order valence-corrected chi connectivity index (χ0v) is 11.6. The number of hydrogen-bond acceptors (Lipinski definition) is 3. The molecule has 6 nitrogen and oxygen atoms in total. The molecule has 2 aromatic rings. The van der Waals surface area contributed by atoms with E-state index in [1.165, 1.54) is 4.68 Å². The Balaban J connectivity index is 2.18. The lowest BCUT2D eigenvalue weighted by atomic mass is 10.1. The lowest BCUT2D eigenvalue weighted by molar-refractivity contribution is -0.116. The van der Waals surface area contributed by atoms with Crippen LogP contribution < -0.4 is 5.32 Å². The molecule has 0 atom stereocenters. The number of carbonyl (C=O) groups excluding carboxylic acids is 1. The first-order chi connectivity index (χ1) is 9.86. The number of carboxylic acids is 1. The van der Waals surface area contributed by atoms with E-state index in [2.05, 4.69) is 10.4 Å². The van der Waals surface area contributed by atoms with E-state index in [0.717, 1.165) is 29.6 Å². The highest BCUT2D eigenvalue weighted by Crippen LogP contribution is 2.17. The molecular weight excluding hydrogens is 277 g/mol. The first kappa shape index (κ1) is 14.7. The number of nitrogens with one attached hydrogen (secondary N) is 1. The van der Waals surface area contributed by atoms with Gasteiger partial charge in [0.05, 0.1) is 16.9 Å². The lowest BCUT2D eigenvalue weighted by Crippen LogP contribution is -2.21. The fraction of sp³-hybridized carbons (Fsp3) is 0.214. The van der Waals surface area contributed by atoms with Gasteiger partial charge in [-0.05, 0) is 38.1 Å². The van der Waals surface area contributed by atoms with E-state index in [1.807, 2.05) is 6.07 Å². The summed E-state index contributed by atoms with van der Waals surface area (Å²) in [5.74, 6) is -2.34. The third-order valence-corrected chi connectivity index (χ3v) is 2.88. The van der Waals surface area contributed by atoms with Gasteiger partial charge in [0, 0.05) is 5.69 Å². The van der Waals surface area contributed by atoms with Crippen LogP contribution in [-0.2, 0) is 11.3 Å². The van der Waals surface area contributed by atoms with Crippen molar-refractivity contribution in [2.24, 2.45) is 0 Å². The number of benzene rings is 1. The lowest BCUT2D eigenvalue weighted by Gasteiger charge is -2.09. The zero-order chi connectivity index (χ0) is 15.6. The molecule has 0 aliphatic carbocycles. The van der Waals surface area contributed by atoms with Crippen LogP contribution >= 0.6 is 0 Å². The molecule has 0 spiro atoms. The molecule has 1 aromatic heterocycles. The van der Waals surface area contributed by atoms with Crippen molar-refractivity contribution in [1.82, 2.24) is 9.78 Å². The molecule has 0 radical (unpaired) electrons. The maximum absolute atomic E-state index is 13.2. The highest BCUT2D eigenvalue weighted by molar-refractivity contribution is 6.00. The number of amides is 1. The number of carbonyl (C=O) groups is 2. The highest BCUT2D eigenvalue weighted by Gasteiger charge is 2.14. The van der Waals surface area contributed by atoms with E-state index in [0.29, 0.717) is 0 Å². The molecular formula is C14H14FN3O3. The van der Waals surface area contributed by atoms with Crippen molar-refractivity contribution >= 4 is 17.6 Å². The van der Waals surface area contributed by atoms with Gasteiger partial charge in [-0.25, -0.2) is 9.18 Å². The summed E-state index contributed by atoms with van der Waals surface area (Å²) in [6.07, 6.45) is 0. The van der Waals surface area contributed by atoms with Crippen LogP contribution in [0.4, 0.5) is 10.1 Å². The molecule has 21 heavy (non-hydrogen) atoms. The van der Waals surface area contributed by atoms with Gasteiger partial charge in [0.15, 0.2) is 0 Å². The van der Waals surface area contributed by atoms with Crippen LogP contribution in [0.5, 0.6) is 0 Å². The molecule has 0 saturated heterocycles. The maximum atomic E-state index is 13.2. The Bertz CT molecular complexity index is 709. The van der Waals surface area contributed by atoms with Gasteiger partial charge in [0.25, 0.3) is 0 Å². The summed E-state index contributed by atoms with van der Waals surface area (Å²) in [6.45, 7) is 3.53. The predicted octanol–water partition coefficient (Wildman–Crippen LogP) is 1.98. The van der Waals surface area contributed by atoms with Gasteiger partial charge >= 0.3 is 5.97 Å². The topological polar surface area (TPSA) is 84.2 Å². The molecule has 0 fully saturated rings. The van der Waals surface area contributed by atoms with E-state index in [4.69, 9.17) is 5.11 Å². The third kappa shape index (κ3) is 3.44. The van der Waals surface area contributed by atoms with E-state index < -0.39 is 17.7 Å². The molecule has 2 N–H and O–H groups in total. The monoisotopic (exact) mass is 291 g/mol. The van der Waals surface area contributed by atoms with Gasteiger partial charge in [-0.1, -0.05) is 0 Å². The molecule has 0 saturated carbocycles. The van der Waals surface area contributed by atoms with Gasteiger partial charge in [0.2, 0.25) is 5.91 Å². The van der Waals surface area contributed by atoms with E-state index in [-0.39, 0.29) is 17.8 Å². The summed E-state index contributed by atoms with van der Waals surface area (Å²) in [7, 11) is 0. The van der Waals surface area contributed by atoms with Crippen molar-refractivity contribution < 1.29 is 19.1 Å². The summed E-state index contributed by atoms with van der Waals surface area (Å²) in [5, 5.41) is 15.5. The SMILES string of the molecule is Cc1cc(C)n(CC(=O)Nc2cc(F)ccc2C(=O)O)n1. The molecule has 110 valence electrons. The summed E-state index contributed by atoms with van der Waals surface area (Å²) >= 11 is 0. The Hall–Kier alpha value is -2.70. The fourth-order valence-corrected chi connectivity index (χ4v) is 1.97. The summed E-state index contributed by atoms with van der Waals surface area (Å²) in [5.41, 5.74) is 1.34. The average Bonchev–Trinajstić information content (AvgIpc) is 2.67. The van der Waals surface area contributed by atoms with Crippen molar-refractivity contribution in [2.75, 3.05) is 5.32 Å². The molecule has 1 amide bonds. The largest absolute Gasteiger partial charge is 0.478 e. The molecule has 0 aliphatic rings. The Kier molecular flexibility index (Phi) is 4.02. The molecule has 0 aliphatic heterocycles. The Morgan fingerprint density at radius 3 is 2.62 bits per heavy atom. The Morgan fingerprint density at radius 2 is 2.05 bits per heavy atom. The molecule has 7 heteroatoms. The normalized spacial score (nSPS) is 10.4. The van der Waals surface area contributed by atoms with Crippen LogP contribution in [0.25, 0.3) is 0 Å². The first-order valence-electron chi connectivity index (χ1n) is 6.20. The minimum atomic E-state index is -1.24. The Morgan fingerprint density at radius 1 is 1.33 bits per heavy atom. The van der Waals surface area contributed by atoms with Gasteiger partial charge in [-0.15, -0.1) is 0 Å². The minimum absolute atomic E-state index is 0.0742. The highest BCUT2D eigenvalue weighted by atomic mass is 19.1. The van der Waals surface area contributed by atoms with Crippen LogP contribution in [0.1, 0.15) is 21.7 Å². The summed E-state index contributed by atoms with van der Waals surface area (Å²) in [4.78, 5) is 23.0. The van der Waals surface area contributed by atoms with Crippen molar-refractivity contribution in [1.29, 1.82) is 0 Å². The van der Waals surface area contributed by atoms with E-state index in [9.17, 15) is 14.0 Å². The summed E-state index contributed by atoms with van der Waals surface area (Å²) in [6, 6.07) is 4.93. The maximum Gasteiger partial charge on any atom is 0.337 e. The van der Waals surface area contributed by atoms with Crippen molar-refractivity contribution in [3.05, 3.63) is 47.0 Å². The average molecular weight is 291 g/mol. The third-order valence-electron chi connectivity index (χ3n) is 2.88. The molecule has 2 rings (SSSR count). The number of carboxylic acid groups (broad SMARTS) is 1.